The van der Waals surface area contributed by atoms with Crippen molar-refractivity contribution in [3.05, 3.63) is 0 Å². The summed E-state index contributed by atoms with van der Waals surface area (Å²) in [4.78, 5) is 0. The Balaban J connectivity index is 2.40. The van der Waals surface area contributed by atoms with Gasteiger partial charge in [-0.1, -0.05) is 20.8 Å². The van der Waals surface area contributed by atoms with Crippen LogP contribution in [0.5, 0.6) is 0 Å². The van der Waals surface area contributed by atoms with E-state index in [1.165, 1.54) is 12.8 Å². The largest absolute Gasteiger partial charge is 0.379 e. The van der Waals surface area contributed by atoms with Crippen molar-refractivity contribution in [3.8, 4) is 0 Å². The highest BCUT2D eigenvalue weighted by molar-refractivity contribution is 5.06. The first-order valence-corrected chi connectivity index (χ1v) is 7.17. The van der Waals surface area contributed by atoms with E-state index >= 15 is 0 Å². The van der Waals surface area contributed by atoms with E-state index < -0.39 is 0 Å². The minimum atomic E-state index is 0.349. The Hall–Kier alpha value is -0.120. The number of nitrogens with one attached hydrogen (secondary N) is 1. The Morgan fingerprint density at radius 2 is 1.82 bits per heavy atom. The third-order valence-electron chi connectivity index (χ3n) is 4.30. The molecule has 0 saturated heterocycles. The summed E-state index contributed by atoms with van der Waals surface area (Å²) in [5, 5.41) is 3.60. The van der Waals surface area contributed by atoms with Crippen molar-refractivity contribution < 1.29 is 9.47 Å². The lowest BCUT2D eigenvalue weighted by atomic mass is 9.58. The van der Waals surface area contributed by atoms with E-state index in [1.54, 1.807) is 0 Å². The van der Waals surface area contributed by atoms with Crippen molar-refractivity contribution >= 4 is 0 Å². The van der Waals surface area contributed by atoms with Gasteiger partial charge < -0.3 is 14.8 Å². The van der Waals surface area contributed by atoms with E-state index in [9.17, 15) is 0 Å². The van der Waals surface area contributed by atoms with Crippen LogP contribution in [-0.4, -0.2) is 38.5 Å². The summed E-state index contributed by atoms with van der Waals surface area (Å²) in [7, 11) is 0. The molecule has 1 aliphatic carbocycles. The SMILES string of the molecule is CCNC1CC(OCCOCC)C1(CC)CC. The topological polar surface area (TPSA) is 30.5 Å². The monoisotopic (exact) mass is 243 g/mol. The Kier molecular flexibility index (Phi) is 6.45. The fourth-order valence-electron chi connectivity index (χ4n) is 3.11. The fraction of sp³-hybridized carbons (Fsp3) is 1.00. The summed E-state index contributed by atoms with van der Waals surface area (Å²) in [5.74, 6) is 0. The standard InChI is InChI=1S/C14H29NO2/c1-5-14(6-2)12(15-7-3)11-13(14)17-10-9-16-8-4/h12-13,15H,5-11H2,1-4H3. The van der Waals surface area contributed by atoms with E-state index in [-0.39, 0.29) is 0 Å². The van der Waals surface area contributed by atoms with Crippen LogP contribution in [0.15, 0.2) is 0 Å². The Morgan fingerprint density at radius 1 is 1.12 bits per heavy atom. The van der Waals surface area contributed by atoms with Crippen molar-refractivity contribution in [1.29, 1.82) is 0 Å². The normalized spacial score (nSPS) is 26.8. The minimum Gasteiger partial charge on any atom is -0.379 e. The van der Waals surface area contributed by atoms with Crippen LogP contribution in [0.25, 0.3) is 0 Å². The molecular weight excluding hydrogens is 214 g/mol. The highest BCUT2D eigenvalue weighted by Crippen LogP contribution is 2.48. The molecule has 0 aromatic heterocycles. The lowest BCUT2D eigenvalue weighted by molar-refractivity contribution is -0.147. The predicted octanol–water partition coefficient (Wildman–Crippen LogP) is 2.60. The zero-order chi connectivity index (χ0) is 12.7. The number of ether oxygens (including phenoxy) is 2. The molecule has 17 heavy (non-hydrogen) atoms. The second kappa shape index (κ2) is 7.34. The van der Waals surface area contributed by atoms with Gasteiger partial charge in [-0.05, 0) is 32.7 Å². The van der Waals surface area contributed by atoms with Crippen molar-refractivity contribution in [2.75, 3.05) is 26.4 Å². The second-order valence-electron chi connectivity index (χ2n) is 4.84. The summed E-state index contributed by atoms with van der Waals surface area (Å²) in [6.07, 6.45) is 3.96. The highest BCUT2D eigenvalue weighted by Gasteiger charge is 2.52. The van der Waals surface area contributed by atoms with E-state index in [4.69, 9.17) is 9.47 Å². The van der Waals surface area contributed by atoms with Crippen LogP contribution in [0.4, 0.5) is 0 Å². The van der Waals surface area contributed by atoms with E-state index in [0.717, 1.165) is 32.8 Å². The van der Waals surface area contributed by atoms with Gasteiger partial charge in [0.05, 0.1) is 19.3 Å². The molecule has 0 aromatic rings. The van der Waals surface area contributed by atoms with Gasteiger partial charge in [0, 0.05) is 18.1 Å². The maximum Gasteiger partial charge on any atom is 0.0704 e. The minimum absolute atomic E-state index is 0.349. The quantitative estimate of drug-likeness (QED) is 0.631. The Labute approximate surface area is 106 Å². The molecule has 1 N–H and O–H groups in total. The Morgan fingerprint density at radius 3 is 2.35 bits per heavy atom. The summed E-state index contributed by atoms with van der Waals surface area (Å²) in [5.41, 5.74) is 0.349. The summed E-state index contributed by atoms with van der Waals surface area (Å²) < 4.78 is 11.3. The first kappa shape index (κ1) is 14.9. The van der Waals surface area contributed by atoms with Crippen LogP contribution in [0, 0.1) is 5.41 Å². The first-order chi connectivity index (χ1) is 8.25. The summed E-state index contributed by atoms with van der Waals surface area (Å²) >= 11 is 0. The molecule has 3 heteroatoms. The number of hydrogen-bond donors (Lipinski definition) is 1. The molecular formula is C14H29NO2. The van der Waals surface area contributed by atoms with E-state index in [2.05, 4.69) is 26.1 Å². The van der Waals surface area contributed by atoms with Gasteiger partial charge in [-0.2, -0.15) is 0 Å². The third kappa shape index (κ3) is 3.21. The van der Waals surface area contributed by atoms with Gasteiger partial charge >= 0.3 is 0 Å². The van der Waals surface area contributed by atoms with Gasteiger partial charge in [0.1, 0.15) is 0 Å². The molecule has 3 nitrogen and oxygen atoms in total. The van der Waals surface area contributed by atoms with Crippen LogP contribution in [-0.2, 0) is 9.47 Å². The zero-order valence-corrected chi connectivity index (χ0v) is 11.9. The lowest BCUT2D eigenvalue weighted by Crippen LogP contribution is -2.63. The fourth-order valence-corrected chi connectivity index (χ4v) is 3.11. The van der Waals surface area contributed by atoms with Gasteiger partial charge in [-0.25, -0.2) is 0 Å². The van der Waals surface area contributed by atoms with Gasteiger partial charge in [-0.15, -0.1) is 0 Å². The smallest absolute Gasteiger partial charge is 0.0704 e. The van der Waals surface area contributed by atoms with Crippen molar-refractivity contribution in [1.82, 2.24) is 5.32 Å². The molecule has 1 aliphatic rings. The second-order valence-corrected chi connectivity index (χ2v) is 4.84. The molecule has 0 amide bonds. The predicted molar refractivity (Wildman–Crippen MR) is 71.3 cm³/mol. The molecule has 0 bridgehead atoms. The molecule has 0 heterocycles. The van der Waals surface area contributed by atoms with Crippen LogP contribution < -0.4 is 5.32 Å². The molecule has 0 aromatic carbocycles. The van der Waals surface area contributed by atoms with Gasteiger partial charge in [0.2, 0.25) is 0 Å². The average molecular weight is 243 g/mol. The highest BCUT2D eigenvalue weighted by atomic mass is 16.5. The van der Waals surface area contributed by atoms with E-state index in [0.29, 0.717) is 17.6 Å². The molecule has 2 atom stereocenters. The van der Waals surface area contributed by atoms with Crippen molar-refractivity contribution in [2.45, 2.75) is 59.1 Å². The van der Waals surface area contributed by atoms with Gasteiger partial charge in [0.15, 0.2) is 0 Å². The average Bonchev–Trinajstić information content (AvgIpc) is 2.33. The van der Waals surface area contributed by atoms with Crippen molar-refractivity contribution in [2.24, 2.45) is 5.41 Å². The molecule has 1 rings (SSSR count). The van der Waals surface area contributed by atoms with Crippen LogP contribution in [0.1, 0.15) is 47.0 Å². The third-order valence-corrected chi connectivity index (χ3v) is 4.30. The molecule has 102 valence electrons. The molecule has 0 aliphatic heterocycles. The number of hydrogen-bond acceptors (Lipinski definition) is 3. The van der Waals surface area contributed by atoms with Crippen LogP contribution in [0.2, 0.25) is 0 Å². The van der Waals surface area contributed by atoms with Crippen LogP contribution in [0.3, 0.4) is 0 Å². The molecule has 1 fully saturated rings. The summed E-state index contributed by atoms with van der Waals surface area (Å²) in [6.45, 7) is 12.1. The molecule has 2 unspecified atom stereocenters. The summed E-state index contributed by atoms with van der Waals surface area (Å²) in [6, 6.07) is 0.639. The van der Waals surface area contributed by atoms with Gasteiger partial charge in [-0.3, -0.25) is 0 Å². The van der Waals surface area contributed by atoms with Crippen LogP contribution >= 0.6 is 0 Å². The number of rotatable bonds is 9. The van der Waals surface area contributed by atoms with Gasteiger partial charge in [0.25, 0.3) is 0 Å². The molecule has 1 saturated carbocycles. The molecule has 0 radical (unpaired) electrons. The zero-order valence-electron chi connectivity index (χ0n) is 11.9. The Bertz CT molecular complexity index is 204. The molecule has 0 spiro atoms. The maximum absolute atomic E-state index is 5.99. The first-order valence-electron chi connectivity index (χ1n) is 7.17. The van der Waals surface area contributed by atoms with E-state index in [1.807, 2.05) is 6.92 Å². The van der Waals surface area contributed by atoms with Crippen molar-refractivity contribution in [3.63, 3.8) is 0 Å². The lowest BCUT2D eigenvalue weighted by Gasteiger charge is -2.55. The maximum atomic E-state index is 5.99.